The zero-order chi connectivity index (χ0) is 12.6. The maximum absolute atomic E-state index is 14.2. The van der Waals surface area contributed by atoms with Gasteiger partial charge in [-0.2, -0.15) is 0 Å². The summed E-state index contributed by atoms with van der Waals surface area (Å²) in [6, 6.07) is 0. The Hall–Kier alpha value is -0.270. The van der Waals surface area contributed by atoms with E-state index in [1.807, 2.05) is 0 Å². The molecule has 2 rings (SSSR count). The van der Waals surface area contributed by atoms with E-state index in [2.05, 4.69) is 0 Å². The molecule has 0 aromatic carbocycles. The first-order chi connectivity index (χ1) is 7.98. The maximum atomic E-state index is 14.2. The molecule has 2 heterocycles. The second kappa shape index (κ2) is 4.78. The van der Waals surface area contributed by atoms with Crippen molar-refractivity contribution >= 4 is 0 Å². The van der Waals surface area contributed by atoms with Gasteiger partial charge in [0.2, 0.25) is 0 Å². The second-order valence-corrected chi connectivity index (χ2v) is 4.74. The molecule has 2 aliphatic rings. The number of hydrogen-bond acceptors (Lipinski definition) is 5. The van der Waals surface area contributed by atoms with Crippen LogP contribution < -0.4 is 0 Å². The van der Waals surface area contributed by atoms with Crippen LogP contribution in [0.3, 0.4) is 0 Å². The summed E-state index contributed by atoms with van der Waals surface area (Å²) in [7, 11) is 3.03. The van der Waals surface area contributed by atoms with Crippen LogP contribution >= 0.6 is 0 Å². The monoisotopic (exact) mass is 250 g/mol. The molecule has 2 aliphatic heterocycles. The van der Waals surface area contributed by atoms with Crippen LogP contribution in [0.4, 0.5) is 4.39 Å². The van der Waals surface area contributed by atoms with Crippen molar-refractivity contribution in [1.82, 2.24) is 0 Å². The van der Waals surface area contributed by atoms with E-state index < -0.39 is 36.6 Å². The minimum Gasteiger partial charge on any atom is -0.382 e. The van der Waals surface area contributed by atoms with Crippen LogP contribution in [0.25, 0.3) is 0 Å². The van der Waals surface area contributed by atoms with Gasteiger partial charge in [-0.25, -0.2) is 4.39 Å². The molecule has 0 aromatic rings. The highest BCUT2D eigenvalue weighted by atomic mass is 19.1. The molecule has 0 bridgehead atoms. The van der Waals surface area contributed by atoms with Crippen LogP contribution in [0.1, 0.15) is 13.8 Å². The summed E-state index contributed by atoms with van der Waals surface area (Å²) in [5.74, 6) is -0.797. The van der Waals surface area contributed by atoms with E-state index in [9.17, 15) is 4.39 Å². The quantitative estimate of drug-likeness (QED) is 0.740. The molecule has 2 fully saturated rings. The van der Waals surface area contributed by atoms with Crippen molar-refractivity contribution in [1.29, 1.82) is 0 Å². The molecule has 0 amide bonds. The Labute approximate surface area is 100 Å². The first-order valence-corrected chi connectivity index (χ1v) is 5.65. The van der Waals surface area contributed by atoms with Gasteiger partial charge < -0.3 is 23.7 Å². The van der Waals surface area contributed by atoms with Gasteiger partial charge in [-0.3, -0.25) is 0 Å². The van der Waals surface area contributed by atoms with E-state index in [1.54, 1.807) is 13.8 Å². The van der Waals surface area contributed by atoms with Crippen LogP contribution in [0.5, 0.6) is 0 Å². The molecule has 0 radical (unpaired) electrons. The molecule has 17 heavy (non-hydrogen) atoms. The molecule has 6 heteroatoms. The van der Waals surface area contributed by atoms with Gasteiger partial charge in [0.1, 0.15) is 18.3 Å². The van der Waals surface area contributed by atoms with Crippen LogP contribution in [-0.2, 0) is 23.7 Å². The van der Waals surface area contributed by atoms with Crippen molar-refractivity contribution in [3.63, 3.8) is 0 Å². The van der Waals surface area contributed by atoms with Crippen LogP contribution in [0, 0.1) is 0 Å². The minimum atomic E-state index is -1.28. The fraction of sp³-hybridized carbons (Fsp3) is 1.00. The van der Waals surface area contributed by atoms with Crippen molar-refractivity contribution in [2.24, 2.45) is 0 Å². The fourth-order valence-corrected chi connectivity index (χ4v) is 2.25. The highest BCUT2D eigenvalue weighted by Crippen LogP contribution is 2.39. The van der Waals surface area contributed by atoms with Crippen LogP contribution in [-0.4, -0.2) is 57.4 Å². The third-order valence-corrected chi connectivity index (χ3v) is 3.01. The molecular formula is C11H19FO5. The summed E-state index contributed by atoms with van der Waals surface area (Å²) < 4.78 is 40.8. The van der Waals surface area contributed by atoms with Gasteiger partial charge in [0.15, 0.2) is 18.2 Å². The van der Waals surface area contributed by atoms with Crippen molar-refractivity contribution < 1.29 is 28.1 Å². The van der Waals surface area contributed by atoms with E-state index in [-0.39, 0.29) is 6.61 Å². The van der Waals surface area contributed by atoms with E-state index in [0.717, 1.165) is 0 Å². The standard InChI is InChI=1S/C11H19FO5/c1-11(2)16-9-7(12)8(15-10(9)17-11)6(14-4)5-13-3/h6-10H,5H2,1-4H3/t6-,7?,8?,9?,10?/m0/s1. The topological polar surface area (TPSA) is 46.2 Å². The zero-order valence-electron chi connectivity index (χ0n) is 10.5. The lowest BCUT2D eigenvalue weighted by Gasteiger charge is -2.26. The van der Waals surface area contributed by atoms with Crippen LogP contribution in [0.2, 0.25) is 0 Å². The van der Waals surface area contributed by atoms with Gasteiger partial charge in [-0.15, -0.1) is 0 Å². The van der Waals surface area contributed by atoms with E-state index in [1.165, 1.54) is 14.2 Å². The zero-order valence-corrected chi connectivity index (χ0v) is 10.5. The average molecular weight is 250 g/mol. The van der Waals surface area contributed by atoms with Crippen LogP contribution in [0.15, 0.2) is 0 Å². The summed E-state index contributed by atoms with van der Waals surface area (Å²) in [6.45, 7) is 3.74. The summed E-state index contributed by atoms with van der Waals surface area (Å²) in [4.78, 5) is 0. The Bertz CT molecular complexity index is 273. The summed E-state index contributed by atoms with van der Waals surface area (Å²) >= 11 is 0. The van der Waals surface area contributed by atoms with Gasteiger partial charge in [0.05, 0.1) is 6.61 Å². The Morgan fingerprint density at radius 1 is 1.29 bits per heavy atom. The number of fused-ring (bicyclic) bond motifs is 1. The number of hydrogen-bond donors (Lipinski definition) is 0. The average Bonchev–Trinajstić information content (AvgIpc) is 2.70. The van der Waals surface area contributed by atoms with Gasteiger partial charge in [-0.1, -0.05) is 0 Å². The highest BCUT2D eigenvalue weighted by Gasteiger charge is 2.57. The van der Waals surface area contributed by atoms with Gasteiger partial charge in [-0.05, 0) is 13.8 Å². The Morgan fingerprint density at radius 3 is 2.53 bits per heavy atom. The lowest BCUT2D eigenvalue weighted by atomic mass is 10.1. The van der Waals surface area contributed by atoms with Crippen molar-refractivity contribution in [2.45, 2.75) is 50.4 Å². The molecule has 0 saturated carbocycles. The number of rotatable bonds is 4. The molecule has 4 unspecified atom stereocenters. The Kier molecular flexibility index (Phi) is 3.70. The van der Waals surface area contributed by atoms with Gasteiger partial charge in [0.25, 0.3) is 0 Å². The lowest BCUT2D eigenvalue weighted by Crippen LogP contribution is -2.41. The molecule has 5 nitrogen and oxygen atoms in total. The first-order valence-electron chi connectivity index (χ1n) is 5.65. The fourth-order valence-electron chi connectivity index (χ4n) is 2.25. The van der Waals surface area contributed by atoms with E-state index >= 15 is 0 Å². The number of alkyl halides is 1. The number of ether oxygens (including phenoxy) is 5. The molecular weight excluding hydrogens is 231 g/mol. The van der Waals surface area contributed by atoms with E-state index in [4.69, 9.17) is 23.7 Å². The molecule has 0 aliphatic carbocycles. The maximum Gasteiger partial charge on any atom is 0.190 e. The second-order valence-electron chi connectivity index (χ2n) is 4.74. The lowest BCUT2D eigenvalue weighted by molar-refractivity contribution is -0.225. The minimum absolute atomic E-state index is 0.268. The summed E-state index contributed by atoms with van der Waals surface area (Å²) in [6.07, 6.45) is -3.81. The Balaban J connectivity index is 2.02. The Morgan fingerprint density at radius 2 is 2.00 bits per heavy atom. The van der Waals surface area contributed by atoms with E-state index in [0.29, 0.717) is 0 Å². The molecule has 0 N–H and O–H groups in total. The summed E-state index contributed by atoms with van der Waals surface area (Å²) in [5, 5.41) is 0. The first kappa shape index (κ1) is 13.2. The molecule has 5 atom stereocenters. The van der Waals surface area contributed by atoms with Crippen molar-refractivity contribution in [3.8, 4) is 0 Å². The predicted octanol–water partition coefficient (Wildman–Crippen LogP) is 0.862. The predicted molar refractivity (Wildman–Crippen MR) is 56.3 cm³/mol. The molecule has 100 valence electrons. The number of methoxy groups -OCH3 is 2. The van der Waals surface area contributed by atoms with Crippen molar-refractivity contribution in [3.05, 3.63) is 0 Å². The molecule has 2 saturated heterocycles. The largest absolute Gasteiger partial charge is 0.382 e. The number of halogens is 1. The third kappa shape index (κ3) is 2.46. The summed E-state index contributed by atoms with van der Waals surface area (Å²) in [5.41, 5.74) is 0. The van der Waals surface area contributed by atoms with Gasteiger partial charge in [0, 0.05) is 14.2 Å². The third-order valence-electron chi connectivity index (χ3n) is 3.01. The molecule has 0 aromatic heterocycles. The SMILES string of the molecule is COC[C@H](OC)C1OC2OC(C)(C)OC2C1F. The highest BCUT2D eigenvalue weighted by molar-refractivity contribution is 4.96. The van der Waals surface area contributed by atoms with Gasteiger partial charge >= 0.3 is 0 Å². The normalized spacial score (nSPS) is 41.5. The smallest absolute Gasteiger partial charge is 0.190 e. The molecule has 0 spiro atoms. The van der Waals surface area contributed by atoms with Crippen molar-refractivity contribution in [2.75, 3.05) is 20.8 Å².